The van der Waals surface area contributed by atoms with Crippen LogP contribution >= 0.6 is 0 Å². The highest BCUT2D eigenvalue weighted by Gasteiger charge is 2.29. The highest BCUT2D eigenvalue weighted by Crippen LogP contribution is 2.30. The third kappa shape index (κ3) is 3.60. The lowest BCUT2D eigenvalue weighted by atomic mass is 10.1. The lowest BCUT2D eigenvalue weighted by molar-refractivity contribution is -0.117. The molecule has 4 heteroatoms. The van der Waals surface area contributed by atoms with E-state index in [1.165, 1.54) is 11.1 Å². The number of amides is 1. The zero-order valence-electron chi connectivity index (χ0n) is 12.1. The van der Waals surface area contributed by atoms with Crippen LogP contribution in [0.25, 0.3) is 0 Å². The standard InChI is InChI=1S/C17H19N3O/c1-12-7-8-18-10-14(12)11-19-15-3-2-4-16(9-15)20-17(21)13-5-6-13/h2-4,7-10,13,19H,5-6,11H2,1H3,(H,20,21). The van der Waals surface area contributed by atoms with Crippen LogP contribution in [-0.4, -0.2) is 10.9 Å². The van der Waals surface area contributed by atoms with Crippen molar-refractivity contribution in [2.24, 2.45) is 5.92 Å². The fourth-order valence-corrected chi connectivity index (χ4v) is 2.18. The molecule has 0 saturated heterocycles. The Labute approximate surface area is 124 Å². The molecule has 3 rings (SSSR count). The third-order valence-corrected chi connectivity index (χ3v) is 3.71. The maximum atomic E-state index is 11.8. The van der Waals surface area contributed by atoms with E-state index in [2.05, 4.69) is 22.5 Å². The molecule has 0 bridgehead atoms. The minimum atomic E-state index is 0.134. The van der Waals surface area contributed by atoms with Gasteiger partial charge in [0.2, 0.25) is 5.91 Å². The topological polar surface area (TPSA) is 54.0 Å². The van der Waals surface area contributed by atoms with Crippen LogP contribution in [0.2, 0.25) is 0 Å². The van der Waals surface area contributed by atoms with Crippen molar-refractivity contribution in [3.63, 3.8) is 0 Å². The van der Waals surface area contributed by atoms with Gasteiger partial charge >= 0.3 is 0 Å². The van der Waals surface area contributed by atoms with Gasteiger partial charge in [-0.2, -0.15) is 0 Å². The maximum Gasteiger partial charge on any atom is 0.227 e. The zero-order chi connectivity index (χ0) is 14.7. The first kappa shape index (κ1) is 13.6. The molecule has 0 radical (unpaired) electrons. The van der Waals surface area contributed by atoms with Crippen LogP contribution in [-0.2, 0) is 11.3 Å². The van der Waals surface area contributed by atoms with Crippen LogP contribution in [0.15, 0.2) is 42.7 Å². The molecule has 0 atom stereocenters. The number of pyridine rings is 1. The predicted octanol–water partition coefficient (Wildman–Crippen LogP) is 3.35. The van der Waals surface area contributed by atoms with Gasteiger partial charge in [-0.25, -0.2) is 0 Å². The molecule has 4 nitrogen and oxygen atoms in total. The average Bonchev–Trinajstić information content (AvgIpc) is 3.31. The van der Waals surface area contributed by atoms with Gasteiger partial charge in [0.05, 0.1) is 0 Å². The van der Waals surface area contributed by atoms with E-state index in [0.29, 0.717) is 0 Å². The molecule has 21 heavy (non-hydrogen) atoms. The van der Waals surface area contributed by atoms with Crippen molar-refractivity contribution in [3.05, 3.63) is 53.9 Å². The lowest BCUT2D eigenvalue weighted by Crippen LogP contribution is -2.13. The molecule has 2 aromatic rings. The Morgan fingerprint density at radius 3 is 2.86 bits per heavy atom. The molecule has 1 amide bonds. The molecule has 0 spiro atoms. The van der Waals surface area contributed by atoms with Gasteiger partial charge < -0.3 is 10.6 Å². The number of nitrogens with zero attached hydrogens (tertiary/aromatic N) is 1. The summed E-state index contributed by atoms with van der Waals surface area (Å²) in [5.41, 5.74) is 4.23. The van der Waals surface area contributed by atoms with E-state index in [1.54, 1.807) is 6.20 Å². The van der Waals surface area contributed by atoms with Crippen LogP contribution < -0.4 is 10.6 Å². The number of aromatic nitrogens is 1. The number of hydrogen-bond acceptors (Lipinski definition) is 3. The van der Waals surface area contributed by atoms with Crippen LogP contribution in [0.1, 0.15) is 24.0 Å². The Balaban J connectivity index is 1.63. The lowest BCUT2D eigenvalue weighted by Gasteiger charge is -2.10. The summed E-state index contributed by atoms with van der Waals surface area (Å²) in [5, 5.41) is 6.33. The summed E-state index contributed by atoms with van der Waals surface area (Å²) in [6.07, 6.45) is 5.71. The highest BCUT2D eigenvalue weighted by atomic mass is 16.2. The fourth-order valence-electron chi connectivity index (χ4n) is 2.18. The van der Waals surface area contributed by atoms with Crippen molar-refractivity contribution < 1.29 is 4.79 Å². The number of carbonyl (C=O) groups excluding carboxylic acids is 1. The maximum absolute atomic E-state index is 11.8. The number of aryl methyl sites for hydroxylation is 1. The smallest absolute Gasteiger partial charge is 0.227 e. The molecule has 1 heterocycles. The van der Waals surface area contributed by atoms with Gasteiger partial charge in [-0.1, -0.05) is 6.07 Å². The molecule has 1 aliphatic rings. The van der Waals surface area contributed by atoms with Gasteiger partial charge in [0, 0.05) is 36.2 Å². The van der Waals surface area contributed by atoms with Crippen molar-refractivity contribution in [1.29, 1.82) is 0 Å². The molecular weight excluding hydrogens is 262 g/mol. The largest absolute Gasteiger partial charge is 0.381 e. The summed E-state index contributed by atoms with van der Waals surface area (Å²) in [6, 6.07) is 9.83. The zero-order valence-corrected chi connectivity index (χ0v) is 12.1. The van der Waals surface area contributed by atoms with Crippen LogP contribution in [0.3, 0.4) is 0 Å². The Bertz CT molecular complexity index is 650. The third-order valence-electron chi connectivity index (χ3n) is 3.71. The fraction of sp³-hybridized carbons (Fsp3) is 0.294. The van der Waals surface area contributed by atoms with Gasteiger partial charge in [-0.05, 0) is 55.2 Å². The second kappa shape index (κ2) is 5.95. The second-order valence-corrected chi connectivity index (χ2v) is 5.50. The average molecular weight is 281 g/mol. The van der Waals surface area contributed by atoms with E-state index in [1.807, 2.05) is 36.5 Å². The number of rotatable bonds is 5. The summed E-state index contributed by atoms with van der Waals surface area (Å²) >= 11 is 0. The van der Waals surface area contributed by atoms with Crippen LogP contribution in [0.4, 0.5) is 11.4 Å². The SMILES string of the molecule is Cc1ccncc1CNc1cccc(NC(=O)C2CC2)c1. The Morgan fingerprint density at radius 1 is 1.29 bits per heavy atom. The predicted molar refractivity (Wildman–Crippen MR) is 84.1 cm³/mol. The number of carbonyl (C=O) groups is 1. The van der Waals surface area contributed by atoms with E-state index < -0.39 is 0 Å². The normalized spacial score (nSPS) is 13.8. The molecule has 1 aromatic carbocycles. The molecule has 2 N–H and O–H groups in total. The minimum Gasteiger partial charge on any atom is -0.381 e. The Morgan fingerprint density at radius 2 is 2.10 bits per heavy atom. The molecule has 1 aromatic heterocycles. The van der Waals surface area contributed by atoms with Crippen molar-refractivity contribution in [2.75, 3.05) is 10.6 Å². The quantitative estimate of drug-likeness (QED) is 0.883. The van der Waals surface area contributed by atoms with E-state index in [-0.39, 0.29) is 11.8 Å². The minimum absolute atomic E-state index is 0.134. The summed E-state index contributed by atoms with van der Waals surface area (Å²) in [6.45, 7) is 2.80. The Hall–Kier alpha value is -2.36. The number of benzene rings is 1. The molecule has 108 valence electrons. The molecular formula is C17H19N3O. The summed E-state index contributed by atoms with van der Waals surface area (Å²) in [7, 11) is 0. The van der Waals surface area contributed by atoms with Crippen molar-refractivity contribution >= 4 is 17.3 Å². The monoisotopic (exact) mass is 281 g/mol. The molecule has 1 fully saturated rings. The van der Waals surface area contributed by atoms with Gasteiger partial charge in [0.25, 0.3) is 0 Å². The number of anilines is 2. The highest BCUT2D eigenvalue weighted by molar-refractivity contribution is 5.94. The van der Waals surface area contributed by atoms with Crippen LogP contribution in [0, 0.1) is 12.8 Å². The first-order valence-corrected chi connectivity index (χ1v) is 7.26. The summed E-state index contributed by atoms with van der Waals surface area (Å²) in [5.74, 6) is 0.356. The van der Waals surface area contributed by atoms with Gasteiger partial charge in [0.1, 0.15) is 0 Å². The van der Waals surface area contributed by atoms with Gasteiger partial charge in [-0.15, -0.1) is 0 Å². The molecule has 0 unspecified atom stereocenters. The van der Waals surface area contributed by atoms with Crippen molar-refractivity contribution in [3.8, 4) is 0 Å². The van der Waals surface area contributed by atoms with E-state index in [4.69, 9.17) is 0 Å². The van der Waals surface area contributed by atoms with E-state index >= 15 is 0 Å². The van der Waals surface area contributed by atoms with Crippen LogP contribution in [0.5, 0.6) is 0 Å². The molecule has 1 saturated carbocycles. The second-order valence-electron chi connectivity index (χ2n) is 5.50. The summed E-state index contributed by atoms with van der Waals surface area (Å²) in [4.78, 5) is 15.9. The first-order chi connectivity index (χ1) is 10.2. The molecule has 0 aliphatic heterocycles. The van der Waals surface area contributed by atoms with Crippen molar-refractivity contribution in [1.82, 2.24) is 4.98 Å². The van der Waals surface area contributed by atoms with E-state index in [0.717, 1.165) is 30.8 Å². The Kier molecular flexibility index (Phi) is 3.86. The first-order valence-electron chi connectivity index (χ1n) is 7.26. The number of hydrogen-bond donors (Lipinski definition) is 2. The summed E-state index contributed by atoms with van der Waals surface area (Å²) < 4.78 is 0. The van der Waals surface area contributed by atoms with Gasteiger partial charge in [0.15, 0.2) is 0 Å². The molecule has 1 aliphatic carbocycles. The van der Waals surface area contributed by atoms with E-state index in [9.17, 15) is 4.79 Å². The van der Waals surface area contributed by atoms with Gasteiger partial charge in [-0.3, -0.25) is 9.78 Å². The van der Waals surface area contributed by atoms with Crippen molar-refractivity contribution in [2.45, 2.75) is 26.3 Å². The number of nitrogens with one attached hydrogen (secondary N) is 2.